The van der Waals surface area contributed by atoms with E-state index in [2.05, 4.69) is 23.9 Å². The highest BCUT2D eigenvalue weighted by Crippen LogP contribution is 2.15. The zero-order valence-electron chi connectivity index (χ0n) is 12.9. The van der Waals surface area contributed by atoms with Gasteiger partial charge in [-0.2, -0.15) is 0 Å². The lowest BCUT2D eigenvalue weighted by Gasteiger charge is -2.20. The molecule has 0 aliphatic carbocycles. The molecule has 0 aromatic heterocycles. The van der Waals surface area contributed by atoms with Gasteiger partial charge in [-0.05, 0) is 57.7 Å². The van der Waals surface area contributed by atoms with Gasteiger partial charge in [0.2, 0.25) is 0 Å². The molecule has 2 N–H and O–H groups in total. The molecule has 1 heterocycles. The van der Waals surface area contributed by atoms with Gasteiger partial charge in [-0.15, -0.1) is 0 Å². The fourth-order valence-electron chi connectivity index (χ4n) is 2.63. The summed E-state index contributed by atoms with van der Waals surface area (Å²) in [5.74, 6) is 0.877. The van der Waals surface area contributed by atoms with E-state index < -0.39 is 0 Å². The molecule has 0 bridgehead atoms. The number of hydrogen-bond donors (Lipinski definition) is 1. The van der Waals surface area contributed by atoms with Gasteiger partial charge in [0, 0.05) is 24.7 Å². The van der Waals surface area contributed by atoms with Crippen LogP contribution in [0.25, 0.3) is 0 Å². The highest BCUT2D eigenvalue weighted by molar-refractivity contribution is 7.80. The second-order valence-electron chi connectivity index (χ2n) is 5.80. The Morgan fingerprint density at radius 3 is 2.67 bits per heavy atom. The molecule has 2 rings (SSSR count). The van der Waals surface area contributed by atoms with Crippen molar-refractivity contribution in [1.82, 2.24) is 9.80 Å². The van der Waals surface area contributed by atoms with E-state index in [0.29, 0.717) is 11.0 Å². The summed E-state index contributed by atoms with van der Waals surface area (Å²) in [4.78, 5) is 5.26. The minimum Gasteiger partial charge on any atom is -0.494 e. The van der Waals surface area contributed by atoms with Crippen LogP contribution in [0.5, 0.6) is 5.75 Å². The lowest BCUT2D eigenvalue weighted by Crippen LogP contribution is -2.32. The summed E-state index contributed by atoms with van der Waals surface area (Å²) in [5, 5.41) is 0. The highest BCUT2D eigenvalue weighted by atomic mass is 32.1. The number of ether oxygens (including phenoxy) is 1. The van der Waals surface area contributed by atoms with Gasteiger partial charge in [-0.3, -0.25) is 0 Å². The lowest BCUT2D eigenvalue weighted by atomic mass is 10.2. The van der Waals surface area contributed by atoms with E-state index in [4.69, 9.17) is 22.7 Å². The summed E-state index contributed by atoms with van der Waals surface area (Å²) in [6.07, 6.45) is 2.32. The van der Waals surface area contributed by atoms with Gasteiger partial charge in [0.25, 0.3) is 0 Å². The van der Waals surface area contributed by atoms with Crippen LogP contribution < -0.4 is 10.5 Å². The summed E-state index contributed by atoms with van der Waals surface area (Å²) in [6.45, 7) is 4.23. The smallest absolute Gasteiger partial charge is 0.119 e. The van der Waals surface area contributed by atoms with E-state index in [9.17, 15) is 0 Å². The summed E-state index contributed by atoms with van der Waals surface area (Å²) in [7, 11) is 4.32. The van der Waals surface area contributed by atoms with Crippen molar-refractivity contribution >= 4 is 17.2 Å². The molecule has 21 heavy (non-hydrogen) atoms. The third-order valence-corrected chi connectivity index (χ3v) is 4.24. The quantitative estimate of drug-likeness (QED) is 0.614. The largest absolute Gasteiger partial charge is 0.494 e. The van der Waals surface area contributed by atoms with Crippen LogP contribution in [0.3, 0.4) is 0 Å². The second-order valence-corrected chi connectivity index (χ2v) is 6.24. The number of rotatable bonds is 7. The molecule has 1 aromatic rings. The minimum absolute atomic E-state index is 0.422. The number of hydrogen-bond acceptors (Lipinski definition) is 4. The van der Waals surface area contributed by atoms with Crippen LogP contribution in [0, 0.1) is 0 Å². The molecule has 1 aliphatic rings. The molecule has 1 saturated heterocycles. The molecule has 0 spiro atoms. The number of benzene rings is 1. The number of nitrogens with zero attached hydrogens (tertiary/aromatic N) is 2. The first kappa shape index (κ1) is 16.2. The van der Waals surface area contributed by atoms with E-state index in [1.54, 1.807) is 0 Å². The predicted molar refractivity (Wildman–Crippen MR) is 91.0 cm³/mol. The van der Waals surface area contributed by atoms with E-state index >= 15 is 0 Å². The first-order chi connectivity index (χ1) is 10.1. The van der Waals surface area contributed by atoms with Crippen molar-refractivity contribution in [1.29, 1.82) is 0 Å². The Labute approximate surface area is 132 Å². The number of likely N-dealkylation sites (tertiary alicyclic amines) is 1. The van der Waals surface area contributed by atoms with E-state index in [0.717, 1.165) is 30.9 Å². The maximum atomic E-state index is 5.75. The Hall–Kier alpha value is -1.17. The normalized spacial score (nSPS) is 19.1. The summed E-state index contributed by atoms with van der Waals surface area (Å²) < 4.78 is 5.75. The molecule has 1 aliphatic heterocycles. The van der Waals surface area contributed by atoms with Crippen molar-refractivity contribution in [3.8, 4) is 5.75 Å². The summed E-state index contributed by atoms with van der Waals surface area (Å²) >= 11 is 4.93. The minimum atomic E-state index is 0.422. The summed E-state index contributed by atoms with van der Waals surface area (Å²) in [6, 6.07) is 8.36. The topological polar surface area (TPSA) is 41.7 Å². The standard InChI is InChI=1S/C16H25N3OS/c1-18(2)14-8-10-19(12-14)9-3-11-20-15-6-4-13(5-7-15)16(17)21/h4-7,14H,3,8-12H2,1-2H3,(H2,17,21). The van der Waals surface area contributed by atoms with Crippen molar-refractivity contribution in [3.63, 3.8) is 0 Å². The van der Waals surface area contributed by atoms with Crippen LogP contribution in [-0.4, -0.2) is 61.2 Å². The molecular formula is C16H25N3OS. The molecule has 0 radical (unpaired) electrons. The third kappa shape index (κ3) is 4.95. The van der Waals surface area contributed by atoms with Crippen molar-refractivity contribution < 1.29 is 4.74 Å². The number of nitrogens with two attached hydrogens (primary N) is 1. The maximum Gasteiger partial charge on any atom is 0.119 e. The molecule has 1 fully saturated rings. The molecule has 5 heteroatoms. The van der Waals surface area contributed by atoms with Gasteiger partial charge >= 0.3 is 0 Å². The number of thiocarbonyl (C=S) groups is 1. The van der Waals surface area contributed by atoms with Crippen LogP contribution in [0.2, 0.25) is 0 Å². The van der Waals surface area contributed by atoms with Crippen LogP contribution >= 0.6 is 12.2 Å². The zero-order valence-corrected chi connectivity index (χ0v) is 13.7. The highest BCUT2D eigenvalue weighted by Gasteiger charge is 2.23. The van der Waals surface area contributed by atoms with Gasteiger partial charge < -0.3 is 20.3 Å². The average Bonchev–Trinajstić information content (AvgIpc) is 2.93. The average molecular weight is 307 g/mol. The summed E-state index contributed by atoms with van der Waals surface area (Å²) in [5.41, 5.74) is 6.45. The van der Waals surface area contributed by atoms with Gasteiger partial charge in [-0.25, -0.2) is 0 Å². The Morgan fingerprint density at radius 1 is 1.38 bits per heavy atom. The van der Waals surface area contributed by atoms with Crippen LogP contribution in [0.4, 0.5) is 0 Å². The van der Waals surface area contributed by atoms with Gasteiger partial charge in [0.1, 0.15) is 10.7 Å². The molecule has 1 unspecified atom stereocenters. The van der Waals surface area contributed by atoms with E-state index in [1.165, 1.54) is 19.5 Å². The Balaban J connectivity index is 1.65. The lowest BCUT2D eigenvalue weighted by molar-refractivity contribution is 0.242. The maximum absolute atomic E-state index is 5.75. The van der Waals surface area contributed by atoms with Crippen molar-refractivity contribution in [2.75, 3.05) is 40.3 Å². The Bertz CT molecular complexity index is 461. The molecule has 1 aromatic carbocycles. The van der Waals surface area contributed by atoms with Crippen LogP contribution in [0.1, 0.15) is 18.4 Å². The Kier molecular flexibility index (Phi) is 5.96. The molecular weight excluding hydrogens is 282 g/mol. The number of likely N-dealkylation sites (N-methyl/N-ethyl adjacent to an activating group) is 1. The molecule has 0 saturated carbocycles. The van der Waals surface area contributed by atoms with Crippen LogP contribution in [0.15, 0.2) is 24.3 Å². The van der Waals surface area contributed by atoms with Gasteiger partial charge in [0.15, 0.2) is 0 Å². The van der Waals surface area contributed by atoms with Crippen LogP contribution in [-0.2, 0) is 0 Å². The fourth-order valence-corrected chi connectivity index (χ4v) is 2.77. The van der Waals surface area contributed by atoms with Crippen molar-refractivity contribution in [2.24, 2.45) is 5.73 Å². The van der Waals surface area contributed by atoms with Crippen molar-refractivity contribution in [3.05, 3.63) is 29.8 Å². The molecule has 116 valence electrons. The van der Waals surface area contributed by atoms with E-state index in [1.807, 2.05) is 24.3 Å². The Morgan fingerprint density at radius 2 is 2.10 bits per heavy atom. The molecule has 0 amide bonds. The zero-order chi connectivity index (χ0) is 15.2. The van der Waals surface area contributed by atoms with E-state index in [-0.39, 0.29) is 0 Å². The second kappa shape index (κ2) is 7.73. The first-order valence-electron chi connectivity index (χ1n) is 7.47. The SMILES string of the molecule is CN(C)C1CCN(CCCOc2ccc(C(N)=S)cc2)C1. The monoisotopic (exact) mass is 307 g/mol. The first-order valence-corrected chi connectivity index (χ1v) is 7.88. The predicted octanol–water partition coefficient (Wildman–Crippen LogP) is 1.73. The van der Waals surface area contributed by atoms with Gasteiger partial charge in [0.05, 0.1) is 6.61 Å². The van der Waals surface area contributed by atoms with Crippen molar-refractivity contribution in [2.45, 2.75) is 18.9 Å². The third-order valence-electron chi connectivity index (χ3n) is 4.00. The van der Waals surface area contributed by atoms with Gasteiger partial charge in [-0.1, -0.05) is 12.2 Å². The molecule has 4 nitrogen and oxygen atoms in total. The fraction of sp³-hybridized carbons (Fsp3) is 0.562. The molecule has 1 atom stereocenters.